The first-order valence-electron chi connectivity index (χ1n) is 8.75. The number of rotatable bonds is 6. The zero-order valence-corrected chi connectivity index (χ0v) is 18.5. The molecule has 29 heavy (non-hydrogen) atoms. The number of carbonyl (C=O) groups is 1. The number of benzene rings is 2. The van der Waals surface area contributed by atoms with Gasteiger partial charge in [0, 0.05) is 31.4 Å². The molecule has 8 heteroatoms. The number of thiocarbonyl (C=S) groups is 1. The van der Waals surface area contributed by atoms with E-state index in [0.717, 1.165) is 11.4 Å². The Kier molecular flexibility index (Phi) is 6.34. The normalized spacial score (nSPS) is 15.1. The number of thioether (sulfide) groups is 1. The molecule has 2 aromatic rings. The number of amides is 1. The minimum atomic E-state index is -0.172. The second-order valence-electron chi connectivity index (χ2n) is 6.38. The van der Waals surface area contributed by atoms with Crippen molar-refractivity contribution in [3.63, 3.8) is 0 Å². The number of hydrogen-bond acceptors (Lipinski definition) is 7. The van der Waals surface area contributed by atoms with E-state index in [1.165, 1.54) is 11.8 Å². The van der Waals surface area contributed by atoms with Gasteiger partial charge in [-0.15, -0.1) is 0 Å². The van der Waals surface area contributed by atoms with Gasteiger partial charge in [0.1, 0.15) is 5.75 Å². The maximum Gasteiger partial charge on any atom is 0.270 e. The Morgan fingerprint density at radius 1 is 0.966 bits per heavy atom. The second kappa shape index (κ2) is 8.75. The molecule has 1 saturated heterocycles. The second-order valence-corrected chi connectivity index (χ2v) is 8.05. The van der Waals surface area contributed by atoms with Crippen LogP contribution in [-0.2, 0) is 4.79 Å². The molecule has 0 unspecified atom stereocenters. The molecule has 1 amide bonds. The zero-order chi connectivity index (χ0) is 21.1. The highest BCUT2D eigenvalue weighted by atomic mass is 32.2. The average Bonchev–Trinajstić information content (AvgIpc) is 3.00. The Balaban J connectivity index is 1.96. The molecule has 3 rings (SSSR count). The molecule has 0 saturated carbocycles. The Bertz CT molecular complexity index is 971. The summed E-state index contributed by atoms with van der Waals surface area (Å²) in [5, 5.41) is 0. The quantitative estimate of drug-likeness (QED) is 0.503. The fourth-order valence-corrected chi connectivity index (χ4v) is 4.19. The summed E-state index contributed by atoms with van der Waals surface area (Å²) in [7, 11) is 8.62. The van der Waals surface area contributed by atoms with Crippen molar-refractivity contribution in [2.24, 2.45) is 0 Å². The molecular formula is C21H22N2O4S2. The van der Waals surface area contributed by atoms with E-state index >= 15 is 0 Å². The number of carbonyl (C=O) groups excluding carboxylic acids is 1. The molecule has 0 bridgehead atoms. The Labute approximate surface area is 180 Å². The lowest BCUT2D eigenvalue weighted by molar-refractivity contribution is -0.113. The summed E-state index contributed by atoms with van der Waals surface area (Å²) in [6, 6.07) is 11.2. The van der Waals surface area contributed by atoms with Crippen molar-refractivity contribution in [2.45, 2.75) is 0 Å². The summed E-state index contributed by atoms with van der Waals surface area (Å²) in [6.07, 6.45) is 1.76. The molecule has 0 aromatic heterocycles. The SMILES string of the molecule is COc1cc(OC)c(OC)cc1/C=C1\SC(=S)N(c2ccc(N(C)C)cc2)C1=O. The molecule has 1 aliphatic rings. The Hall–Kier alpha value is -2.71. The van der Waals surface area contributed by atoms with Crippen molar-refractivity contribution < 1.29 is 19.0 Å². The predicted molar refractivity (Wildman–Crippen MR) is 123 cm³/mol. The van der Waals surface area contributed by atoms with Crippen LogP contribution < -0.4 is 24.0 Å². The molecule has 0 aliphatic carbocycles. The van der Waals surface area contributed by atoms with Gasteiger partial charge in [-0.2, -0.15) is 0 Å². The van der Waals surface area contributed by atoms with Crippen LogP contribution in [0.5, 0.6) is 17.2 Å². The molecule has 0 radical (unpaired) electrons. The monoisotopic (exact) mass is 430 g/mol. The van der Waals surface area contributed by atoms with E-state index in [1.807, 2.05) is 43.3 Å². The zero-order valence-electron chi connectivity index (χ0n) is 16.9. The van der Waals surface area contributed by atoms with Crippen LogP contribution >= 0.6 is 24.0 Å². The van der Waals surface area contributed by atoms with E-state index in [1.54, 1.807) is 44.4 Å². The van der Waals surface area contributed by atoms with Gasteiger partial charge in [0.25, 0.3) is 5.91 Å². The van der Waals surface area contributed by atoms with Crippen LogP contribution in [0.2, 0.25) is 0 Å². The fraction of sp³-hybridized carbons (Fsp3) is 0.238. The average molecular weight is 431 g/mol. The van der Waals surface area contributed by atoms with Crippen LogP contribution in [0.1, 0.15) is 5.56 Å². The number of ether oxygens (including phenoxy) is 3. The summed E-state index contributed by atoms with van der Waals surface area (Å²) >= 11 is 6.72. The molecule has 6 nitrogen and oxygen atoms in total. The largest absolute Gasteiger partial charge is 0.496 e. The van der Waals surface area contributed by atoms with Crippen molar-refractivity contribution in [3.8, 4) is 17.2 Å². The van der Waals surface area contributed by atoms with Gasteiger partial charge in [0.15, 0.2) is 15.8 Å². The summed E-state index contributed by atoms with van der Waals surface area (Å²) in [4.78, 5) is 17.1. The van der Waals surface area contributed by atoms with Gasteiger partial charge in [0.05, 0.1) is 31.9 Å². The molecule has 0 atom stereocenters. The predicted octanol–water partition coefficient (Wildman–Crippen LogP) is 4.18. The van der Waals surface area contributed by atoms with Gasteiger partial charge < -0.3 is 19.1 Å². The number of nitrogens with zero attached hydrogens (tertiary/aromatic N) is 2. The first kappa shape index (κ1) is 21.0. The third kappa shape index (κ3) is 4.18. The third-order valence-corrected chi connectivity index (χ3v) is 5.74. The highest BCUT2D eigenvalue weighted by molar-refractivity contribution is 8.27. The highest BCUT2D eigenvalue weighted by Crippen LogP contribution is 2.40. The number of anilines is 2. The lowest BCUT2D eigenvalue weighted by Crippen LogP contribution is -2.27. The van der Waals surface area contributed by atoms with Gasteiger partial charge in [-0.05, 0) is 36.4 Å². The van der Waals surface area contributed by atoms with Crippen molar-refractivity contribution >= 4 is 51.7 Å². The molecule has 1 aliphatic heterocycles. The standard InChI is InChI=1S/C21H22N2O4S2/c1-22(2)14-6-8-15(9-7-14)23-20(24)19(29-21(23)28)11-13-10-17(26-4)18(27-5)12-16(13)25-3/h6-12H,1-5H3/b19-11-. The Morgan fingerprint density at radius 2 is 1.55 bits per heavy atom. The molecule has 1 fully saturated rings. The molecule has 0 N–H and O–H groups in total. The van der Waals surface area contributed by atoms with Gasteiger partial charge in [-0.25, -0.2) is 0 Å². The number of methoxy groups -OCH3 is 3. The van der Waals surface area contributed by atoms with E-state index in [-0.39, 0.29) is 5.91 Å². The van der Waals surface area contributed by atoms with Crippen LogP contribution in [-0.4, -0.2) is 45.7 Å². The van der Waals surface area contributed by atoms with Crippen LogP contribution in [0.4, 0.5) is 11.4 Å². The van der Waals surface area contributed by atoms with E-state index < -0.39 is 0 Å². The molecule has 152 valence electrons. The number of hydrogen-bond donors (Lipinski definition) is 0. The third-order valence-electron chi connectivity index (χ3n) is 4.44. The van der Waals surface area contributed by atoms with E-state index in [0.29, 0.717) is 32.0 Å². The molecule has 1 heterocycles. The van der Waals surface area contributed by atoms with Crippen LogP contribution in [0.25, 0.3) is 6.08 Å². The Morgan fingerprint density at radius 3 is 2.10 bits per heavy atom. The van der Waals surface area contributed by atoms with E-state index in [4.69, 9.17) is 26.4 Å². The summed E-state index contributed by atoms with van der Waals surface area (Å²) in [5.41, 5.74) is 2.49. The highest BCUT2D eigenvalue weighted by Gasteiger charge is 2.33. The van der Waals surface area contributed by atoms with Crippen molar-refractivity contribution in [2.75, 3.05) is 45.2 Å². The van der Waals surface area contributed by atoms with Crippen molar-refractivity contribution in [1.82, 2.24) is 0 Å². The van der Waals surface area contributed by atoms with Crippen molar-refractivity contribution in [1.29, 1.82) is 0 Å². The summed E-state index contributed by atoms with van der Waals surface area (Å²) in [5.74, 6) is 1.50. The first-order chi connectivity index (χ1) is 13.9. The first-order valence-corrected chi connectivity index (χ1v) is 9.97. The lowest BCUT2D eigenvalue weighted by Gasteiger charge is -2.17. The van der Waals surface area contributed by atoms with Gasteiger partial charge in [0.2, 0.25) is 0 Å². The van der Waals surface area contributed by atoms with Crippen LogP contribution in [0, 0.1) is 0 Å². The molecule has 2 aromatic carbocycles. The van der Waals surface area contributed by atoms with E-state index in [2.05, 4.69) is 0 Å². The van der Waals surface area contributed by atoms with Crippen LogP contribution in [0.15, 0.2) is 41.3 Å². The lowest BCUT2D eigenvalue weighted by atomic mass is 10.1. The van der Waals surface area contributed by atoms with E-state index in [9.17, 15) is 4.79 Å². The smallest absolute Gasteiger partial charge is 0.270 e. The van der Waals surface area contributed by atoms with Crippen molar-refractivity contribution in [3.05, 3.63) is 46.9 Å². The van der Waals surface area contributed by atoms with Gasteiger partial charge in [-0.3, -0.25) is 9.69 Å². The summed E-state index contributed by atoms with van der Waals surface area (Å²) < 4.78 is 16.6. The van der Waals surface area contributed by atoms with Gasteiger partial charge in [-0.1, -0.05) is 24.0 Å². The maximum absolute atomic E-state index is 13.1. The minimum Gasteiger partial charge on any atom is -0.496 e. The topological polar surface area (TPSA) is 51.2 Å². The van der Waals surface area contributed by atoms with Crippen LogP contribution in [0.3, 0.4) is 0 Å². The molecular weight excluding hydrogens is 408 g/mol. The molecule has 0 spiro atoms. The minimum absolute atomic E-state index is 0.172. The van der Waals surface area contributed by atoms with Gasteiger partial charge >= 0.3 is 0 Å². The maximum atomic E-state index is 13.1. The fourth-order valence-electron chi connectivity index (χ4n) is 2.90. The summed E-state index contributed by atoms with van der Waals surface area (Å²) in [6.45, 7) is 0.